The molecule has 0 atom stereocenters. The summed E-state index contributed by atoms with van der Waals surface area (Å²) >= 11 is 0. The van der Waals surface area contributed by atoms with Crippen LogP contribution in [0.3, 0.4) is 0 Å². The number of esters is 3. The average molecular weight is 881 g/mol. The van der Waals surface area contributed by atoms with Crippen molar-refractivity contribution in [1.82, 2.24) is 9.80 Å². The molecule has 0 saturated carbocycles. The van der Waals surface area contributed by atoms with E-state index >= 15 is 0 Å². The van der Waals surface area contributed by atoms with E-state index in [0.717, 1.165) is 116 Å². The highest BCUT2D eigenvalue weighted by Gasteiger charge is 2.12. The summed E-state index contributed by atoms with van der Waals surface area (Å²) in [6.07, 6.45) is 41.4. The highest BCUT2D eigenvalue weighted by molar-refractivity contribution is 5.69. The maximum absolute atomic E-state index is 12.4. The first-order valence-electron chi connectivity index (χ1n) is 27.0. The van der Waals surface area contributed by atoms with Gasteiger partial charge in [-0.05, 0) is 96.9 Å². The largest absolute Gasteiger partial charge is 0.466 e. The van der Waals surface area contributed by atoms with Crippen LogP contribution in [-0.2, 0) is 28.6 Å². The minimum absolute atomic E-state index is 0.0799. The van der Waals surface area contributed by atoms with Crippen LogP contribution < -0.4 is 0 Å². The van der Waals surface area contributed by atoms with Crippen LogP contribution in [0.5, 0.6) is 0 Å². The predicted molar refractivity (Wildman–Crippen MR) is 261 cm³/mol. The summed E-state index contributed by atoms with van der Waals surface area (Å²) in [6.45, 7) is 13.6. The van der Waals surface area contributed by atoms with E-state index in [1.54, 1.807) is 0 Å². The van der Waals surface area contributed by atoms with E-state index in [2.05, 4.69) is 30.6 Å². The molecule has 0 aliphatic rings. The third kappa shape index (κ3) is 46.3. The van der Waals surface area contributed by atoms with Gasteiger partial charge in [-0.15, -0.1) is 0 Å². The lowest BCUT2D eigenvalue weighted by Gasteiger charge is -2.25. The predicted octanol–water partition coefficient (Wildman–Crippen LogP) is 13.7. The molecule has 0 aromatic rings. The molecule has 0 spiro atoms. The van der Waals surface area contributed by atoms with Gasteiger partial charge in [0.25, 0.3) is 0 Å². The van der Waals surface area contributed by atoms with E-state index < -0.39 is 0 Å². The third-order valence-electron chi connectivity index (χ3n) is 12.2. The molecule has 0 saturated heterocycles. The number of unbranched alkanes of at least 4 members (excludes halogenated alkanes) is 27. The van der Waals surface area contributed by atoms with Crippen LogP contribution in [0.2, 0.25) is 0 Å². The number of hydrogen-bond acceptors (Lipinski definition) is 9. The Bertz CT molecular complexity index is 907. The average Bonchev–Trinajstić information content (AvgIpc) is 3.26. The van der Waals surface area contributed by atoms with Gasteiger partial charge in [-0.2, -0.15) is 0 Å². The topological polar surface area (TPSA) is 106 Å². The molecule has 0 radical (unpaired) electrons. The van der Waals surface area contributed by atoms with Crippen molar-refractivity contribution in [3.05, 3.63) is 0 Å². The standard InChI is InChI=1S/C53H104N2O7/c1-4-7-10-13-16-19-22-25-34-48-60-51(57)38-28-31-41-54(42-32-29-39-52(58)61-49-35-26-23-20-17-14-11-8-5-2)44-37-45-55(46-47-56)43-33-30-40-53(59)62-50-36-27-24-21-18-15-12-9-6-3/h56H,4-50H2,1-3H3. The van der Waals surface area contributed by atoms with Crippen molar-refractivity contribution in [3.63, 3.8) is 0 Å². The second kappa shape index (κ2) is 50.3. The Kier molecular flexibility index (Phi) is 48.9. The summed E-state index contributed by atoms with van der Waals surface area (Å²) in [7, 11) is 0. The van der Waals surface area contributed by atoms with Gasteiger partial charge < -0.3 is 29.1 Å². The van der Waals surface area contributed by atoms with Crippen molar-refractivity contribution in [3.8, 4) is 0 Å². The monoisotopic (exact) mass is 881 g/mol. The van der Waals surface area contributed by atoms with Gasteiger partial charge in [-0.25, -0.2) is 0 Å². The van der Waals surface area contributed by atoms with Crippen LogP contribution in [0.25, 0.3) is 0 Å². The molecule has 0 aromatic heterocycles. The second-order valence-corrected chi connectivity index (χ2v) is 18.3. The van der Waals surface area contributed by atoms with Crippen molar-refractivity contribution in [1.29, 1.82) is 0 Å². The Labute approximate surface area is 384 Å². The van der Waals surface area contributed by atoms with E-state index in [-0.39, 0.29) is 24.5 Å². The van der Waals surface area contributed by atoms with Crippen molar-refractivity contribution in [2.45, 2.75) is 258 Å². The summed E-state index contributed by atoms with van der Waals surface area (Å²) in [5.74, 6) is -0.249. The summed E-state index contributed by atoms with van der Waals surface area (Å²) in [6, 6.07) is 0. The molecule has 9 nitrogen and oxygen atoms in total. The third-order valence-corrected chi connectivity index (χ3v) is 12.2. The fraction of sp³-hybridized carbons (Fsp3) is 0.943. The smallest absolute Gasteiger partial charge is 0.305 e. The van der Waals surface area contributed by atoms with E-state index in [1.165, 1.54) is 135 Å². The first-order chi connectivity index (χ1) is 30.5. The number of aliphatic hydroxyl groups excluding tert-OH is 1. The van der Waals surface area contributed by atoms with Crippen LogP contribution in [0.15, 0.2) is 0 Å². The SMILES string of the molecule is CCCCCCCCCCCOC(=O)CCCCN(CCO)CCCN(CCCCC(=O)OCCCCCCCCCCC)CCCCC(=O)OCCCCCCCCCCC. The zero-order valence-corrected chi connectivity index (χ0v) is 41.5. The highest BCUT2D eigenvalue weighted by Crippen LogP contribution is 2.13. The maximum atomic E-state index is 12.4. The van der Waals surface area contributed by atoms with Gasteiger partial charge in [-0.3, -0.25) is 14.4 Å². The van der Waals surface area contributed by atoms with Crippen LogP contribution >= 0.6 is 0 Å². The van der Waals surface area contributed by atoms with E-state index in [9.17, 15) is 19.5 Å². The van der Waals surface area contributed by atoms with Gasteiger partial charge in [0, 0.05) is 25.8 Å². The number of aliphatic hydroxyl groups is 1. The normalized spacial score (nSPS) is 11.5. The second-order valence-electron chi connectivity index (χ2n) is 18.3. The molecule has 0 aliphatic carbocycles. The van der Waals surface area contributed by atoms with Gasteiger partial charge in [-0.1, -0.05) is 175 Å². The molecule has 0 fully saturated rings. The summed E-state index contributed by atoms with van der Waals surface area (Å²) in [5, 5.41) is 9.76. The number of nitrogens with zero attached hydrogens (tertiary/aromatic N) is 2. The molecule has 0 aliphatic heterocycles. The van der Waals surface area contributed by atoms with Crippen molar-refractivity contribution in [2.75, 3.05) is 65.7 Å². The quantitative estimate of drug-likeness (QED) is 0.0363. The molecule has 368 valence electrons. The zero-order valence-electron chi connectivity index (χ0n) is 41.5. The van der Waals surface area contributed by atoms with Crippen LogP contribution in [0.4, 0.5) is 0 Å². The van der Waals surface area contributed by atoms with Crippen LogP contribution in [0, 0.1) is 0 Å². The molecular weight excluding hydrogens is 777 g/mol. The molecule has 9 heteroatoms. The molecule has 0 heterocycles. The Morgan fingerprint density at radius 3 is 0.823 bits per heavy atom. The maximum Gasteiger partial charge on any atom is 0.305 e. The molecule has 62 heavy (non-hydrogen) atoms. The van der Waals surface area contributed by atoms with Gasteiger partial charge in [0.1, 0.15) is 0 Å². The van der Waals surface area contributed by atoms with Gasteiger partial charge in [0.15, 0.2) is 0 Å². The number of carbonyl (C=O) groups is 3. The fourth-order valence-electron chi connectivity index (χ4n) is 8.16. The van der Waals surface area contributed by atoms with E-state index in [4.69, 9.17) is 14.2 Å². The number of rotatable bonds is 51. The summed E-state index contributed by atoms with van der Waals surface area (Å²) in [4.78, 5) is 41.9. The van der Waals surface area contributed by atoms with Crippen molar-refractivity contribution < 1.29 is 33.7 Å². The lowest BCUT2D eigenvalue weighted by atomic mass is 10.1. The Balaban J connectivity index is 4.51. The van der Waals surface area contributed by atoms with Crippen molar-refractivity contribution in [2.24, 2.45) is 0 Å². The summed E-state index contributed by atoms with van der Waals surface area (Å²) in [5.41, 5.74) is 0. The number of ether oxygens (including phenoxy) is 3. The summed E-state index contributed by atoms with van der Waals surface area (Å²) < 4.78 is 16.6. The van der Waals surface area contributed by atoms with Gasteiger partial charge in [0.2, 0.25) is 0 Å². The zero-order chi connectivity index (χ0) is 45.2. The molecule has 1 N–H and O–H groups in total. The molecule has 0 rings (SSSR count). The molecule has 0 bridgehead atoms. The lowest BCUT2D eigenvalue weighted by Crippen LogP contribution is -2.33. The minimum atomic E-state index is -0.0898. The lowest BCUT2D eigenvalue weighted by molar-refractivity contribution is -0.144. The van der Waals surface area contributed by atoms with Gasteiger partial charge in [0.05, 0.1) is 26.4 Å². The van der Waals surface area contributed by atoms with Crippen LogP contribution in [0.1, 0.15) is 258 Å². The molecule has 0 unspecified atom stereocenters. The molecule has 0 aromatic carbocycles. The highest BCUT2D eigenvalue weighted by atomic mass is 16.5. The molecular formula is C53H104N2O7. The van der Waals surface area contributed by atoms with E-state index in [1.807, 2.05) is 0 Å². The van der Waals surface area contributed by atoms with Gasteiger partial charge >= 0.3 is 17.9 Å². The Morgan fingerprint density at radius 1 is 0.306 bits per heavy atom. The Morgan fingerprint density at radius 2 is 0.548 bits per heavy atom. The number of carbonyl (C=O) groups excluding carboxylic acids is 3. The number of hydrogen-bond donors (Lipinski definition) is 1. The van der Waals surface area contributed by atoms with Crippen LogP contribution in [-0.4, -0.2) is 98.5 Å². The fourth-order valence-corrected chi connectivity index (χ4v) is 8.16. The molecule has 0 amide bonds. The van der Waals surface area contributed by atoms with E-state index in [0.29, 0.717) is 45.6 Å². The first kappa shape index (κ1) is 60.3. The van der Waals surface area contributed by atoms with Crippen molar-refractivity contribution >= 4 is 17.9 Å². The first-order valence-corrected chi connectivity index (χ1v) is 27.0. The Hall–Kier alpha value is -1.71. The minimum Gasteiger partial charge on any atom is -0.466 e.